The van der Waals surface area contributed by atoms with E-state index in [1.807, 2.05) is 0 Å². The summed E-state index contributed by atoms with van der Waals surface area (Å²) in [6, 6.07) is 3.77. The number of hydrogen-bond donors (Lipinski definition) is 2. The fourth-order valence-electron chi connectivity index (χ4n) is 2.68. The van der Waals surface area contributed by atoms with Gasteiger partial charge in [0.2, 0.25) is 0 Å². The summed E-state index contributed by atoms with van der Waals surface area (Å²) in [5.41, 5.74) is 3.39. The van der Waals surface area contributed by atoms with Crippen LogP contribution in [-0.4, -0.2) is 30.9 Å². The Bertz CT molecular complexity index is 635. The maximum atomic E-state index is 12.7. The summed E-state index contributed by atoms with van der Waals surface area (Å²) in [7, 11) is -3.86. The molecule has 0 aromatic heterocycles. The minimum Gasteiger partial charge on any atom is -0.389 e. The van der Waals surface area contributed by atoms with E-state index in [0.29, 0.717) is 6.07 Å². The molecule has 0 bridgehead atoms. The molecule has 1 aliphatic carbocycles. The van der Waals surface area contributed by atoms with E-state index in [1.54, 1.807) is 0 Å². The van der Waals surface area contributed by atoms with Gasteiger partial charge in [0.25, 0.3) is 0 Å². The van der Waals surface area contributed by atoms with Gasteiger partial charge < -0.3 is 10.8 Å². The van der Waals surface area contributed by atoms with E-state index in [4.69, 9.17) is 5.73 Å². The Morgan fingerprint density at radius 1 is 1.27 bits per heavy atom. The molecule has 0 heterocycles. The quantitative estimate of drug-likeness (QED) is 0.885. The molecule has 1 aromatic carbocycles. The van der Waals surface area contributed by atoms with Gasteiger partial charge in [-0.3, -0.25) is 0 Å². The average molecular weight is 337 g/mol. The van der Waals surface area contributed by atoms with Gasteiger partial charge in [0.1, 0.15) is 0 Å². The van der Waals surface area contributed by atoms with Crippen molar-refractivity contribution in [2.24, 2.45) is 5.73 Å². The molecule has 22 heavy (non-hydrogen) atoms. The van der Waals surface area contributed by atoms with E-state index >= 15 is 0 Å². The van der Waals surface area contributed by atoms with Crippen LogP contribution >= 0.6 is 0 Å². The number of sulfone groups is 1. The first-order valence-corrected chi connectivity index (χ1v) is 8.47. The van der Waals surface area contributed by atoms with Crippen LogP contribution in [0.3, 0.4) is 0 Å². The van der Waals surface area contributed by atoms with Crippen LogP contribution in [0.15, 0.2) is 29.2 Å². The average Bonchev–Trinajstić information content (AvgIpc) is 2.47. The second kappa shape index (κ2) is 5.82. The fourth-order valence-corrected chi connectivity index (χ4v) is 4.49. The maximum absolute atomic E-state index is 12.7. The van der Waals surface area contributed by atoms with Crippen LogP contribution in [0.25, 0.3) is 0 Å². The molecule has 2 rings (SSSR count). The van der Waals surface area contributed by atoms with E-state index in [0.717, 1.165) is 12.1 Å². The monoisotopic (exact) mass is 337 g/mol. The Morgan fingerprint density at radius 3 is 2.36 bits per heavy atom. The largest absolute Gasteiger partial charge is 0.416 e. The lowest BCUT2D eigenvalue weighted by atomic mass is 9.85. The lowest BCUT2D eigenvalue weighted by Gasteiger charge is -2.34. The third-order valence-electron chi connectivity index (χ3n) is 4.17. The first kappa shape index (κ1) is 17.2. The maximum Gasteiger partial charge on any atom is 0.416 e. The van der Waals surface area contributed by atoms with Gasteiger partial charge in [-0.1, -0.05) is 6.07 Å². The van der Waals surface area contributed by atoms with E-state index in [1.165, 1.54) is 6.07 Å². The minimum absolute atomic E-state index is 0.0450. The van der Waals surface area contributed by atoms with Gasteiger partial charge in [0.05, 0.1) is 21.3 Å². The van der Waals surface area contributed by atoms with E-state index in [9.17, 15) is 26.7 Å². The number of rotatable bonds is 3. The van der Waals surface area contributed by atoms with Crippen molar-refractivity contribution in [2.75, 3.05) is 6.54 Å². The molecule has 1 aliphatic rings. The highest BCUT2D eigenvalue weighted by atomic mass is 32.2. The predicted octanol–water partition coefficient (Wildman–Crippen LogP) is 2.11. The number of alkyl halides is 3. The second-order valence-corrected chi connectivity index (χ2v) is 7.93. The SMILES string of the molecule is NCC1(O)CCC(S(=O)(=O)c2cccc(C(F)(F)F)c2)CC1. The smallest absolute Gasteiger partial charge is 0.389 e. The van der Waals surface area contributed by atoms with Gasteiger partial charge in [-0.05, 0) is 43.9 Å². The Balaban J connectivity index is 2.25. The third-order valence-corrected chi connectivity index (χ3v) is 6.43. The highest BCUT2D eigenvalue weighted by Crippen LogP contribution is 2.36. The molecule has 1 aromatic rings. The Morgan fingerprint density at radius 2 is 1.86 bits per heavy atom. The number of nitrogens with two attached hydrogens (primary N) is 1. The molecular weight excluding hydrogens is 319 g/mol. The lowest BCUT2D eigenvalue weighted by molar-refractivity contribution is -0.137. The van der Waals surface area contributed by atoms with Crippen molar-refractivity contribution in [3.63, 3.8) is 0 Å². The lowest BCUT2D eigenvalue weighted by Crippen LogP contribution is -2.43. The van der Waals surface area contributed by atoms with Gasteiger partial charge in [-0.15, -0.1) is 0 Å². The van der Waals surface area contributed by atoms with Crippen LogP contribution in [0, 0.1) is 0 Å². The van der Waals surface area contributed by atoms with Gasteiger partial charge in [0.15, 0.2) is 9.84 Å². The minimum atomic E-state index is -4.59. The van der Waals surface area contributed by atoms with Crippen LogP contribution in [0.5, 0.6) is 0 Å². The van der Waals surface area contributed by atoms with Crippen molar-refractivity contribution >= 4 is 9.84 Å². The van der Waals surface area contributed by atoms with Crippen molar-refractivity contribution < 1.29 is 26.7 Å². The molecule has 0 aliphatic heterocycles. The summed E-state index contributed by atoms with van der Waals surface area (Å²) < 4.78 is 63.1. The molecule has 0 radical (unpaired) electrons. The fraction of sp³-hybridized carbons (Fsp3) is 0.571. The first-order chi connectivity index (χ1) is 10.1. The molecular formula is C14H18F3NO3S. The van der Waals surface area contributed by atoms with Crippen LogP contribution in [-0.2, 0) is 16.0 Å². The molecule has 4 nitrogen and oxygen atoms in total. The van der Waals surface area contributed by atoms with Crippen LogP contribution < -0.4 is 5.73 Å². The Labute approximate surface area is 127 Å². The van der Waals surface area contributed by atoms with Crippen molar-refractivity contribution in [1.29, 1.82) is 0 Å². The number of benzene rings is 1. The van der Waals surface area contributed by atoms with Gasteiger partial charge in [0, 0.05) is 6.54 Å². The molecule has 1 saturated carbocycles. The second-order valence-electron chi connectivity index (χ2n) is 5.70. The number of aliphatic hydroxyl groups is 1. The molecule has 124 valence electrons. The topological polar surface area (TPSA) is 80.4 Å². The summed E-state index contributed by atoms with van der Waals surface area (Å²) in [5, 5.41) is 9.23. The number of halogens is 3. The summed E-state index contributed by atoms with van der Waals surface area (Å²) in [4.78, 5) is -0.328. The molecule has 0 saturated heterocycles. The zero-order valence-corrected chi connectivity index (χ0v) is 12.6. The standard InChI is InChI=1S/C14H18F3NO3S/c15-14(16,17)10-2-1-3-12(8-10)22(20,21)11-4-6-13(19,9-18)7-5-11/h1-3,8,11,19H,4-7,9,18H2. The van der Waals surface area contributed by atoms with E-state index < -0.39 is 32.4 Å². The van der Waals surface area contributed by atoms with Crippen LogP contribution in [0.2, 0.25) is 0 Å². The van der Waals surface area contributed by atoms with Crippen molar-refractivity contribution in [2.45, 2.75) is 47.6 Å². The molecule has 0 amide bonds. The molecule has 8 heteroatoms. The van der Waals surface area contributed by atoms with Crippen LogP contribution in [0.4, 0.5) is 13.2 Å². The van der Waals surface area contributed by atoms with Gasteiger partial charge in [-0.25, -0.2) is 8.42 Å². The number of hydrogen-bond acceptors (Lipinski definition) is 4. The summed E-state index contributed by atoms with van der Waals surface area (Å²) in [6.07, 6.45) is -3.75. The van der Waals surface area contributed by atoms with Crippen LogP contribution in [0.1, 0.15) is 31.2 Å². The Kier molecular flexibility index (Phi) is 4.56. The summed E-state index contributed by atoms with van der Waals surface area (Å²) in [5.74, 6) is 0. The van der Waals surface area contributed by atoms with E-state index in [2.05, 4.69) is 0 Å². The third kappa shape index (κ3) is 3.44. The Hall–Kier alpha value is -1.12. The molecule has 1 fully saturated rings. The van der Waals surface area contributed by atoms with Gasteiger partial charge in [-0.2, -0.15) is 13.2 Å². The molecule has 0 unspecified atom stereocenters. The summed E-state index contributed by atoms with van der Waals surface area (Å²) in [6.45, 7) is 0.0450. The predicted molar refractivity (Wildman–Crippen MR) is 74.9 cm³/mol. The molecule has 0 atom stereocenters. The normalized spacial score (nSPS) is 26.9. The van der Waals surface area contributed by atoms with Crippen molar-refractivity contribution in [3.05, 3.63) is 29.8 Å². The molecule has 0 spiro atoms. The zero-order chi connectivity index (χ0) is 16.6. The van der Waals surface area contributed by atoms with Crippen molar-refractivity contribution in [1.82, 2.24) is 0 Å². The summed E-state index contributed by atoms with van der Waals surface area (Å²) >= 11 is 0. The first-order valence-electron chi connectivity index (χ1n) is 6.92. The highest BCUT2D eigenvalue weighted by molar-refractivity contribution is 7.92. The zero-order valence-electron chi connectivity index (χ0n) is 11.8. The van der Waals surface area contributed by atoms with Gasteiger partial charge >= 0.3 is 6.18 Å². The van der Waals surface area contributed by atoms with E-state index in [-0.39, 0.29) is 37.1 Å². The van der Waals surface area contributed by atoms with Crippen molar-refractivity contribution in [3.8, 4) is 0 Å². The molecule has 3 N–H and O–H groups in total. The highest BCUT2D eigenvalue weighted by Gasteiger charge is 2.39.